The van der Waals surface area contributed by atoms with E-state index in [-0.39, 0.29) is 5.02 Å². The Kier molecular flexibility index (Phi) is 4.57. The summed E-state index contributed by atoms with van der Waals surface area (Å²) in [5.41, 5.74) is 0.411. The first kappa shape index (κ1) is 15.2. The minimum Gasteiger partial charge on any atom is -0.278 e. The summed E-state index contributed by atoms with van der Waals surface area (Å²) in [6.07, 6.45) is 1.83. The highest BCUT2D eigenvalue weighted by molar-refractivity contribution is 7.99. The van der Waals surface area contributed by atoms with Crippen LogP contribution in [0.5, 0.6) is 0 Å². The molecule has 106 valence electrons. The summed E-state index contributed by atoms with van der Waals surface area (Å²) >= 11 is 7.01. The predicted molar refractivity (Wildman–Crippen MR) is 80.4 cm³/mol. The van der Waals surface area contributed by atoms with Crippen LogP contribution in [0.25, 0.3) is 0 Å². The fourth-order valence-electron chi connectivity index (χ4n) is 1.62. The third-order valence-corrected chi connectivity index (χ3v) is 4.96. The van der Waals surface area contributed by atoms with Gasteiger partial charge in [0.2, 0.25) is 0 Å². The number of hydrogen-bond acceptors (Lipinski definition) is 3. The van der Waals surface area contributed by atoms with Crippen molar-refractivity contribution < 1.29 is 12.8 Å². The number of nitrogens with one attached hydrogen (secondary N) is 1. The molecule has 7 heteroatoms. The van der Waals surface area contributed by atoms with Gasteiger partial charge in [-0.05, 0) is 36.6 Å². The van der Waals surface area contributed by atoms with Crippen molar-refractivity contribution in [3.8, 4) is 0 Å². The Bertz CT molecular complexity index is 735. The van der Waals surface area contributed by atoms with Crippen LogP contribution in [0, 0.1) is 5.82 Å². The van der Waals surface area contributed by atoms with Gasteiger partial charge >= 0.3 is 0 Å². The van der Waals surface area contributed by atoms with Gasteiger partial charge in [-0.2, -0.15) is 0 Å². The molecule has 2 aromatic rings. The molecular formula is C13H11ClFNO2S2. The highest BCUT2D eigenvalue weighted by Gasteiger charge is 2.20. The lowest BCUT2D eigenvalue weighted by atomic mass is 10.3. The van der Waals surface area contributed by atoms with Crippen molar-refractivity contribution in [2.75, 3.05) is 11.0 Å². The first-order valence-electron chi connectivity index (χ1n) is 5.55. The van der Waals surface area contributed by atoms with Gasteiger partial charge in [0.25, 0.3) is 10.0 Å². The molecule has 0 fully saturated rings. The molecule has 0 unspecified atom stereocenters. The van der Waals surface area contributed by atoms with E-state index in [2.05, 4.69) is 4.72 Å². The summed E-state index contributed by atoms with van der Waals surface area (Å²) < 4.78 is 40.5. The Morgan fingerprint density at radius 2 is 1.90 bits per heavy atom. The summed E-state index contributed by atoms with van der Waals surface area (Å²) in [5, 5.41) is 0.144. The molecule has 0 spiro atoms. The maximum absolute atomic E-state index is 13.7. The van der Waals surface area contributed by atoms with Crippen LogP contribution in [0.2, 0.25) is 5.02 Å². The van der Waals surface area contributed by atoms with Gasteiger partial charge in [0.15, 0.2) is 0 Å². The lowest BCUT2D eigenvalue weighted by Gasteiger charge is -2.11. The van der Waals surface area contributed by atoms with Crippen LogP contribution in [-0.4, -0.2) is 14.7 Å². The molecule has 3 nitrogen and oxygen atoms in total. The van der Waals surface area contributed by atoms with Crippen LogP contribution in [0.4, 0.5) is 10.1 Å². The van der Waals surface area contributed by atoms with Crippen molar-refractivity contribution in [3.63, 3.8) is 0 Å². The van der Waals surface area contributed by atoms with E-state index in [0.29, 0.717) is 5.69 Å². The topological polar surface area (TPSA) is 46.2 Å². The van der Waals surface area contributed by atoms with Gasteiger partial charge in [0, 0.05) is 9.92 Å². The number of benzene rings is 2. The van der Waals surface area contributed by atoms with Crippen molar-refractivity contribution >= 4 is 39.1 Å². The fraction of sp³-hybridized carbons (Fsp3) is 0.0769. The standard InChI is InChI=1S/C13H11ClFNO2S2/c1-19-12-5-3-2-4-11(12)16-20(17,18)13-7-6-9(14)8-10(13)15/h2-8,16H,1H3. The molecule has 2 rings (SSSR count). The van der Waals surface area contributed by atoms with E-state index >= 15 is 0 Å². The minimum atomic E-state index is -3.99. The van der Waals surface area contributed by atoms with E-state index in [1.54, 1.807) is 24.3 Å². The molecule has 20 heavy (non-hydrogen) atoms. The molecule has 0 bridgehead atoms. The van der Waals surface area contributed by atoms with Crippen molar-refractivity contribution in [1.29, 1.82) is 0 Å². The second-order valence-electron chi connectivity index (χ2n) is 3.88. The SMILES string of the molecule is CSc1ccccc1NS(=O)(=O)c1ccc(Cl)cc1F. The van der Waals surface area contributed by atoms with Crippen molar-refractivity contribution in [3.05, 3.63) is 53.3 Å². The largest absolute Gasteiger partial charge is 0.278 e. The maximum Gasteiger partial charge on any atom is 0.264 e. The number of halogens is 2. The molecule has 0 heterocycles. The highest BCUT2D eigenvalue weighted by atomic mass is 35.5. The summed E-state index contributed by atoms with van der Waals surface area (Å²) in [7, 11) is -3.99. The van der Waals surface area contributed by atoms with E-state index in [1.807, 2.05) is 6.26 Å². The summed E-state index contributed by atoms with van der Waals surface area (Å²) in [6, 6.07) is 10.3. The molecule has 0 saturated heterocycles. The molecule has 0 amide bonds. The molecule has 2 aromatic carbocycles. The van der Waals surface area contributed by atoms with Crippen molar-refractivity contribution in [2.45, 2.75) is 9.79 Å². The van der Waals surface area contributed by atoms with Gasteiger partial charge < -0.3 is 0 Å². The average Bonchev–Trinajstić information content (AvgIpc) is 2.38. The van der Waals surface area contributed by atoms with Crippen molar-refractivity contribution in [2.24, 2.45) is 0 Å². The Morgan fingerprint density at radius 3 is 2.55 bits per heavy atom. The summed E-state index contributed by atoms with van der Waals surface area (Å²) in [4.78, 5) is 0.322. The van der Waals surface area contributed by atoms with Gasteiger partial charge in [-0.25, -0.2) is 12.8 Å². The number of rotatable bonds is 4. The Hall–Kier alpha value is -1.24. The van der Waals surface area contributed by atoms with Crippen LogP contribution in [0.1, 0.15) is 0 Å². The number of sulfonamides is 1. The minimum absolute atomic E-state index is 0.144. The van der Waals surface area contributed by atoms with Crippen LogP contribution >= 0.6 is 23.4 Å². The molecule has 0 aliphatic rings. The fourth-order valence-corrected chi connectivity index (χ4v) is 3.54. The van der Waals surface area contributed by atoms with Crippen molar-refractivity contribution in [1.82, 2.24) is 0 Å². The van der Waals surface area contributed by atoms with Gasteiger partial charge in [-0.1, -0.05) is 23.7 Å². The molecule has 1 N–H and O–H groups in total. The second-order valence-corrected chi connectivity index (χ2v) is 6.82. The zero-order chi connectivity index (χ0) is 14.8. The monoisotopic (exact) mass is 331 g/mol. The Balaban J connectivity index is 2.41. The molecular weight excluding hydrogens is 321 g/mol. The van der Waals surface area contributed by atoms with E-state index in [1.165, 1.54) is 17.8 Å². The second kappa shape index (κ2) is 6.03. The maximum atomic E-state index is 13.7. The Morgan fingerprint density at radius 1 is 1.20 bits per heavy atom. The number of hydrogen-bond donors (Lipinski definition) is 1. The van der Waals surface area contributed by atoms with Crippen LogP contribution in [0.15, 0.2) is 52.3 Å². The van der Waals surface area contributed by atoms with Gasteiger partial charge in [0.1, 0.15) is 10.7 Å². The van der Waals surface area contributed by atoms with E-state index in [4.69, 9.17) is 11.6 Å². The van der Waals surface area contributed by atoms with Gasteiger partial charge in [0.05, 0.1) is 5.69 Å². The number of thioether (sulfide) groups is 1. The first-order chi connectivity index (χ1) is 9.44. The lowest BCUT2D eigenvalue weighted by Crippen LogP contribution is -2.15. The quantitative estimate of drug-likeness (QED) is 0.861. The van der Waals surface area contributed by atoms with E-state index < -0.39 is 20.7 Å². The third kappa shape index (κ3) is 3.26. The van der Waals surface area contributed by atoms with Gasteiger partial charge in [-0.3, -0.25) is 4.72 Å². The van der Waals surface area contributed by atoms with Crippen LogP contribution in [0.3, 0.4) is 0 Å². The molecule has 0 aromatic heterocycles. The van der Waals surface area contributed by atoms with E-state index in [9.17, 15) is 12.8 Å². The summed E-state index contributed by atoms with van der Waals surface area (Å²) in [6.45, 7) is 0. The molecule has 0 atom stereocenters. The normalized spacial score (nSPS) is 11.3. The number of anilines is 1. The molecule has 0 aliphatic carbocycles. The lowest BCUT2D eigenvalue weighted by molar-refractivity contribution is 0.570. The van der Waals surface area contributed by atoms with E-state index in [0.717, 1.165) is 17.0 Å². The van der Waals surface area contributed by atoms with Crippen LogP contribution in [-0.2, 0) is 10.0 Å². The Labute approximate surface area is 126 Å². The number of para-hydroxylation sites is 1. The zero-order valence-electron chi connectivity index (χ0n) is 10.4. The molecule has 0 aliphatic heterocycles. The highest BCUT2D eigenvalue weighted by Crippen LogP contribution is 2.28. The predicted octanol–water partition coefficient (Wildman–Crippen LogP) is 4.00. The molecule has 0 radical (unpaired) electrons. The van der Waals surface area contributed by atoms with Crippen LogP contribution < -0.4 is 4.72 Å². The average molecular weight is 332 g/mol. The van der Waals surface area contributed by atoms with Gasteiger partial charge in [-0.15, -0.1) is 11.8 Å². The first-order valence-corrected chi connectivity index (χ1v) is 8.63. The summed E-state index contributed by atoms with van der Waals surface area (Å²) in [5.74, 6) is -0.883. The molecule has 0 saturated carbocycles. The third-order valence-electron chi connectivity index (χ3n) is 2.53. The zero-order valence-corrected chi connectivity index (χ0v) is 12.8. The smallest absolute Gasteiger partial charge is 0.264 e.